The van der Waals surface area contributed by atoms with Crippen LogP contribution in [0.3, 0.4) is 0 Å². The molecule has 1 atom stereocenters. The molecule has 0 saturated heterocycles. The molecule has 0 aliphatic carbocycles. The number of hydrogen-bond donors (Lipinski definition) is 0. The third kappa shape index (κ3) is 5.16. The fourth-order valence-corrected chi connectivity index (χ4v) is 6.25. The molecule has 1 aromatic heterocycles. The van der Waals surface area contributed by atoms with Crippen molar-refractivity contribution >= 4 is 50.9 Å². The largest absolute Gasteiger partial charge is 0.854 e. The van der Waals surface area contributed by atoms with Gasteiger partial charge in [0.05, 0.1) is 40.9 Å². The molecule has 1 unspecified atom stereocenters. The summed E-state index contributed by atoms with van der Waals surface area (Å²) in [7, 11) is 1.55. The summed E-state index contributed by atoms with van der Waals surface area (Å²) in [4.78, 5) is 19.1. The highest BCUT2D eigenvalue weighted by molar-refractivity contribution is 9.10. The zero-order chi connectivity index (χ0) is 27.7. The summed E-state index contributed by atoms with van der Waals surface area (Å²) in [6.45, 7) is 3.82. The number of nitrogens with zero attached hydrogens (tertiary/aromatic N) is 4. The van der Waals surface area contributed by atoms with Crippen molar-refractivity contribution in [2.45, 2.75) is 30.9 Å². The number of fused-ring (bicyclic) bond motifs is 3. The van der Waals surface area contributed by atoms with Crippen LogP contribution in [0, 0.1) is 0 Å². The van der Waals surface area contributed by atoms with Crippen LogP contribution in [0.4, 0.5) is 5.69 Å². The first-order valence-corrected chi connectivity index (χ1v) is 14.3. The molecule has 39 heavy (non-hydrogen) atoms. The Morgan fingerprint density at radius 2 is 1.95 bits per heavy atom. The number of para-hydroxylation sites is 1. The number of carbonyl (C=O) groups excluding carboxylic acids is 1. The van der Waals surface area contributed by atoms with Gasteiger partial charge in [-0.15, -0.1) is 0 Å². The first-order chi connectivity index (χ1) is 18.8. The first-order valence-electron chi connectivity index (χ1n) is 12.1. The molecule has 1 amide bonds. The van der Waals surface area contributed by atoms with Crippen LogP contribution in [0.25, 0.3) is 11.3 Å². The maximum Gasteiger partial charge on any atom is 0.293 e. The van der Waals surface area contributed by atoms with E-state index in [1.54, 1.807) is 28.8 Å². The van der Waals surface area contributed by atoms with Gasteiger partial charge in [-0.25, -0.2) is 9.88 Å². The quantitative estimate of drug-likeness (QED) is 0.196. The van der Waals surface area contributed by atoms with E-state index in [-0.39, 0.29) is 11.1 Å². The van der Waals surface area contributed by atoms with Crippen molar-refractivity contribution in [2.24, 2.45) is 0 Å². The van der Waals surface area contributed by atoms with Crippen LogP contribution in [0.1, 0.15) is 31.1 Å². The lowest BCUT2D eigenvalue weighted by atomic mass is 10.0. The number of benzene rings is 3. The van der Waals surface area contributed by atoms with Crippen LogP contribution >= 0.6 is 39.3 Å². The van der Waals surface area contributed by atoms with Gasteiger partial charge < -0.3 is 14.6 Å². The summed E-state index contributed by atoms with van der Waals surface area (Å²) in [5.74, 6) is 0.840. The highest BCUT2D eigenvalue weighted by atomic mass is 79.9. The number of rotatable bonds is 7. The van der Waals surface area contributed by atoms with E-state index < -0.39 is 12.0 Å². The van der Waals surface area contributed by atoms with Crippen LogP contribution < -0.4 is 24.2 Å². The van der Waals surface area contributed by atoms with E-state index in [0.29, 0.717) is 55.9 Å². The number of hydrogen-bond acceptors (Lipinski definition) is 7. The number of halogens is 2. The fraction of sp³-hybridized carbons (Fsp3) is 0.214. The van der Waals surface area contributed by atoms with Crippen LogP contribution in [0.5, 0.6) is 17.4 Å². The second-order valence-electron chi connectivity index (χ2n) is 8.62. The predicted molar refractivity (Wildman–Crippen MR) is 151 cm³/mol. The van der Waals surface area contributed by atoms with E-state index in [1.807, 2.05) is 55.5 Å². The first kappa shape index (κ1) is 27.2. The zero-order valence-electron chi connectivity index (χ0n) is 21.4. The normalized spacial score (nSPS) is 14.0. The molecule has 0 spiro atoms. The highest BCUT2D eigenvalue weighted by Gasteiger charge is 2.44. The number of aromatic nitrogens is 3. The molecule has 1 aliphatic rings. The summed E-state index contributed by atoms with van der Waals surface area (Å²) in [6, 6.07) is 18.4. The number of anilines is 1. The average molecular weight is 628 g/mol. The number of carbonyl (C=O) groups is 1. The third-order valence-corrected chi connectivity index (χ3v) is 8.05. The lowest BCUT2D eigenvalue weighted by Gasteiger charge is -2.33. The predicted octanol–water partition coefficient (Wildman–Crippen LogP) is 5.53. The molecule has 200 valence electrons. The van der Waals surface area contributed by atoms with E-state index in [2.05, 4.69) is 20.9 Å². The van der Waals surface area contributed by atoms with Gasteiger partial charge in [-0.1, -0.05) is 58.4 Å². The minimum Gasteiger partial charge on any atom is -0.854 e. The van der Waals surface area contributed by atoms with Gasteiger partial charge in [-0.05, 0) is 58.7 Å². The maximum absolute atomic E-state index is 13.5. The highest BCUT2D eigenvalue weighted by Crippen LogP contribution is 2.44. The Kier molecular flexibility index (Phi) is 7.97. The summed E-state index contributed by atoms with van der Waals surface area (Å²) in [5, 5.41) is 19.2. The molecular weight excluding hydrogens is 604 g/mol. The standard InChI is InChI=1S/C28H24BrClN4O4S/c1-4-38-25-20(29)13-18(14-23(25)37-3)27-33(16(2)35)22-12-8-6-10-19(22)24-26(36)31-28(32-34(24)27)39-15-17-9-5-7-11-21(17)30/h5-14,27H,4,15H2,1-3H3. The van der Waals surface area contributed by atoms with Gasteiger partial charge in [0.1, 0.15) is 0 Å². The van der Waals surface area contributed by atoms with E-state index in [9.17, 15) is 9.90 Å². The Labute approximate surface area is 243 Å². The van der Waals surface area contributed by atoms with E-state index in [4.69, 9.17) is 26.2 Å². The lowest BCUT2D eigenvalue weighted by molar-refractivity contribution is -0.764. The monoisotopic (exact) mass is 626 g/mol. The van der Waals surface area contributed by atoms with E-state index >= 15 is 0 Å². The van der Waals surface area contributed by atoms with Gasteiger partial charge in [0, 0.05) is 22.8 Å². The summed E-state index contributed by atoms with van der Waals surface area (Å²) >= 11 is 11.2. The smallest absolute Gasteiger partial charge is 0.293 e. The van der Waals surface area contributed by atoms with Crippen molar-refractivity contribution < 1.29 is 24.1 Å². The molecule has 0 radical (unpaired) electrons. The fourth-order valence-electron chi connectivity index (χ4n) is 4.57. The Morgan fingerprint density at radius 3 is 2.67 bits per heavy atom. The van der Waals surface area contributed by atoms with Gasteiger partial charge in [0.15, 0.2) is 11.5 Å². The minimum atomic E-state index is -0.788. The van der Waals surface area contributed by atoms with Crippen LogP contribution in [-0.2, 0) is 10.5 Å². The van der Waals surface area contributed by atoms with Crippen molar-refractivity contribution in [3.63, 3.8) is 0 Å². The van der Waals surface area contributed by atoms with Gasteiger partial charge in [0.25, 0.3) is 17.0 Å². The molecule has 2 heterocycles. The molecule has 0 saturated carbocycles. The molecule has 0 fully saturated rings. The molecule has 11 heteroatoms. The van der Waals surface area contributed by atoms with Gasteiger partial charge in [0.2, 0.25) is 5.91 Å². The van der Waals surface area contributed by atoms with Crippen molar-refractivity contribution in [3.05, 3.63) is 81.3 Å². The Hall–Kier alpha value is -3.34. The molecule has 3 aromatic carbocycles. The summed E-state index contributed by atoms with van der Waals surface area (Å²) < 4.78 is 13.6. The molecule has 0 bridgehead atoms. The van der Waals surface area contributed by atoms with Gasteiger partial charge in [-0.2, -0.15) is 0 Å². The molecule has 5 rings (SSSR count). The van der Waals surface area contributed by atoms with Crippen molar-refractivity contribution in [1.82, 2.24) is 10.1 Å². The van der Waals surface area contributed by atoms with Crippen LogP contribution in [-0.4, -0.2) is 29.7 Å². The summed E-state index contributed by atoms with van der Waals surface area (Å²) in [5.41, 5.74) is 3.03. The number of ether oxygens (including phenoxy) is 2. The van der Waals surface area contributed by atoms with Crippen LogP contribution in [0.15, 0.2) is 70.3 Å². The average Bonchev–Trinajstić information content (AvgIpc) is 2.92. The van der Waals surface area contributed by atoms with Gasteiger partial charge in [-0.3, -0.25) is 4.79 Å². The number of thioether (sulfide) groups is 1. The molecule has 4 aromatic rings. The van der Waals surface area contributed by atoms with Crippen molar-refractivity contribution in [1.29, 1.82) is 0 Å². The zero-order valence-corrected chi connectivity index (χ0v) is 24.5. The Morgan fingerprint density at radius 1 is 1.21 bits per heavy atom. The molecule has 1 aliphatic heterocycles. The molecule has 0 N–H and O–H groups in total. The number of methoxy groups -OCH3 is 1. The minimum absolute atomic E-state index is 0.217. The van der Waals surface area contributed by atoms with E-state index in [1.165, 1.54) is 18.7 Å². The molecule has 8 nitrogen and oxygen atoms in total. The van der Waals surface area contributed by atoms with Gasteiger partial charge >= 0.3 is 0 Å². The SMILES string of the molecule is CCOc1c(Br)cc(C2N(C(C)=O)c3ccccc3-c3c([O-])nc(SCc4ccccc4Cl)n[n+]32)cc1OC. The summed E-state index contributed by atoms with van der Waals surface area (Å²) in [6.07, 6.45) is -0.788. The second-order valence-corrected chi connectivity index (χ2v) is 10.8. The topological polar surface area (TPSA) is 91.5 Å². The Bertz CT molecular complexity index is 1570. The van der Waals surface area contributed by atoms with Crippen molar-refractivity contribution in [2.75, 3.05) is 18.6 Å². The van der Waals surface area contributed by atoms with Crippen molar-refractivity contribution in [3.8, 4) is 28.6 Å². The lowest BCUT2D eigenvalue weighted by Crippen LogP contribution is -2.58. The molecular formula is C28H24BrClN4O4S. The maximum atomic E-state index is 13.5. The Balaban J connectivity index is 1.70. The van der Waals surface area contributed by atoms with Crippen LogP contribution in [0.2, 0.25) is 5.02 Å². The number of amides is 1. The third-order valence-electron chi connectivity index (χ3n) is 6.21. The van der Waals surface area contributed by atoms with E-state index in [0.717, 1.165) is 5.56 Å². The second kappa shape index (κ2) is 11.4.